The summed E-state index contributed by atoms with van der Waals surface area (Å²) in [5.74, 6) is 0. The second-order valence-corrected chi connectivity index (χ2v) is 2.10. The van der Waals surface area contributed by atoms with Gasteiger partial charge in [0.15, 0.2) is 0 Å². The minimum Gasteiger partial charge on any atom is -0.246 e. The van der Waals surface area contributed by atoms with Crippen LogP contribution in [0.25, 0.3) is 0 Å². The molecule has 1 aromatic carbocycles. The van der Waals surface area contributed by atoms with E-state index in [1.165, 1.54) is 12.1 Å². The largest absolute Gasteiger partial charge is 0.246 e. The van der Waals surface area contributed by atoms with Crippen LogP contribution in [-0.4, -0.2) is 0 Å². The van der Waals surface area contributed by atoms with Gasteiger partial charge in [-0.25, -0.2) is 4.39 Å². The monoisotopic (exact) mass is 145 g/mol. The normalized spacial score (nSPS) is 14.7. The predicted octanol–water partition coefficient (Wildman–Crippen LogP) is 2.81. The van der Waals surface area contributed by atoms with Crippen molar-refractivity contribution in [3.05, 3.63) is 34.9 Å². The van der Waals surface area contributed by atoms with E-state index < -0.39 is 6.65 Å². The Kier molecular flexibility index (Phi) is 1.65. The number of benzene rings is 1. The molecule has 1 rings (SSSR count). The van der Waals surface area contributed by atoms with Crippen molar-refractivity contribution in [2.75, 3.05) is 0 Å². The van der Waals surface area contributed by atoms with Gasteiger partial charge < -0.3 is 0 Å². The molecule has 0 aliphatic rings. The van der Waals surface area contributed by atoms with E-state index in [-0.39, 0.29) is 0 Å². The van der Waals surface area contributed by atoms with Crippen molar-refractivity contribution in [1.82, 2.24) is 0 Å². The number of hydrogen-bond donors (Lipinski definition) is 0. The Bertz CT molecular complexity index is 207. The molecule has 0 bridgehead atoms. The van der Waals surface area contributed by atoms with E-state index in [4.69, 9.17) is 13.0 Å². The van der Waals surface area contributed by atoms with Crippen molar-refractivity contribution >= 4 is 11.6 Å². The number of rotatable bonds is 1. The average molecular weight is 146 g/mol. The molecule has 48 valence electrons. The Morgan fingerprint density at radius 1 is 1.44 bits per heavy atom. The van der Waals surface area contributed by atoms with Crippen LogP contribution in [0.1, 0.15) is 6.93 Å². The molecule has 0 nitrogen and oxygen atoms in total. The fourth-order valence-electron chi connectivity index (χ4n) is 0.536. The van der Waals surface area contributed by atoms with Crippen LogP contribution in [0.4, 0.5) is 4.39 Å². The zero-order valence-electron chi connectivity index (χ0n) is 5.64. The Labute approximate surface area is 59.7 Å². The maximum atomic E-state index is 12.2. The maximum Gasteiger partial charge on any atom is 0.115 e. The van der Waals surface area contributed by atoms with Gasteiger partial charge in [-0.05, 0) is 17.7 Å². The molecule has 9 heavy (non-hydrogen) atoms. The van der Waals surface area contributed by atoms with Crippen molar-refractivity contribution in [3.63, 3.8) is 0 Å². The Balaban J connectivity index is 2.89. The van der Waals surface area contributed by atoms with Crippen molar-refractivity contribution in [2.45, 2.75) is 6.65 Å². The van der Waals surface area contributed by atoms with Crippen LogP contribution < -0.4 is 0 Å². The topological polar surface area (TPSA) is 0 Å². The molecule has 0 saturated carbocycles. The van der Waals surface area contributed by atoms with Gasteiger partial charge in [-0.2, -0.15) is 0 Å². The van der Waals surface area contributed by atoms with Gasteiger partial charge >= 0.3 is 0 Å². The Hall–Kier alpha value is -0.560. The summed E-state index contributed by atoms with van der Waals surface area (Å²) < 4.78 is 18.9. The molecule has 2 heteroatoms. The highest BCUT2D eigenvalue weighted by atomic mass is 35.5. The zero-order chi connectivity index (χ0) is 7.56. The second-order valence-electron chi connectivity index (χ2n) is 1.66. The van der Waals surface area contributed by atoms with Crippen LogP contribution in [-0.2, 0) is 6.65 Å². The van der Waals surface area contributed by atoms with Crippen LogP contribution in [0.2, 0.25) is 5.02 Å². The first kappa shape index (κ1) is 5.24. The number of halogens is 2. The van der Waals surface area contributed by atoms with E-state index in [0.717, 1.165) is 0 Å². The summed E-state index contributed by atoms with van der Waals surface area (Å²) in [6.07, 6.45) is 0. The van der Waals surface area contributed by atoms with Gasteiger partial charge in [-0.3, -0.25) is 0 Å². The van der Waals surface area contributed by atoms with E-state index >= 15 is 0 Å². The fraction of sp³-hybridized carbons (Fsp3) is 0.143. The first-order valence-electron chi connectivity index (χ1n) is 3.09. The highest BCUT2D eigenvalue weighted by Gasteiger charge is 1.88. The Morgan fingerprint density at radius 3 is 2.44 bits per heavy atom. The van der Waals surface area contributed by atoms with Crippen molar-refractivity contribution in [3.8, 4) is 0 Å². The smallest absolute Gasteiger partial charge is 0.115 e. The molecule has 0 aliphatic carbocycles. The standard InChI is InChI=1S/C7H6ClF/c8-7-3-1-6(5-9)2-4-7/h1-4H,5H2/i5D. The lowest BCUT2D eigenvalue weighted by molar-refractivity contribution is 0.485. The molecule has 0 fully saturated rings. The lowest BCUT2D eigenvalue weighted by Crippen LogP contribution is -1.74. The minimum atomic E-state index is -1.66. The van der Waals surface area contributed by atoms with Gasteiger partial charge in [-0.1, -0.05) is 23.7 Å². The summed E-state index contributed by atoms with van der Waals surface area (Å²) >= 11 is 5.53. The molecule has 0 N–H and O–H groups in total. The molecule has 0 heterocycles. The van der Waals surface area contributed by atoms with Crippen LogP contribution in [0.15, 0.2) is 24.3 Å². The Morgan fingerprint density at radius 2 is 2.00 bits per heavy atom. The molecular formula is C7H6ClF. The van der Waals surface area contributed by atoms with Gasteiger partial charge in [0, 0.05) is 5.02 Å². The lowest BCUT2D eigenvalue weighted by Gasteiger charge is -1.91. The quantitative estimate of drug-likeness (QED) is 0.570. The highest BCUT2D eigenvalue weighted by Crippen LogP contribution is 2.09. The summed E-state index contributed by atoms with van der Waals surface area (Å²) in [7, 11) is 0. The third-order valence-electron chi connectivity index (χ3n) is 0.996. The van der Waals surface area contributed by atoms with E-state index in [1.807, 2.05) is 0 Å². The van der Waals surface area contributed by atoms with Gasteiger partial charge in [0.2, 0.25) is 0 Å². The third-order valence-corrected chi connectivity index (χ3v) is 1.25. The molecule has 1 atom stereocenters. The zero-order valence-corrected chi connectivity index (χ0v) is 5.40. The summed E-state index contributed by atoms with van der Waals surface area (Å²) in [4.78, 5) is 0. The van der Waals surface area contributed by atoms with E-state index in [1.54, 1.807) is 12.1 Å². The van der Waals surface area contributed by atoms with Gasteiger partial charge in [0.05, 0.1) is 1.37 Å². The number of alkyl halides is 1. The summed E-state index contributed by atoms with van der Waals surface area (Å²) in [5, 5.41) is 0.560. The molecule has 0 radical (unpaired) electrons. The van der Waals surface area contributed by atoms with Crippen molar-refractivity contribution < 1.29 is 5.76 Å². The average Bonchev–Trinajstić information content (AvgIpc) is 1.88. The SMILES string of the molecule is [2H]C(F)c1ccc(Cl)cc1. The molecule has 1 unspecified atom stereocenters. The molecular weight excluding hydrogens is 139 g/mol. The van der Waals surface area contributed by atoms with Crippen LogP contribution in [0.3, 0.4) is 0 Å². The molecule has 0 saturated heterocycles. The summed E-state index contributed by atoms with van der Waals surface area (Å²) in [6.45, 7) is -1.66. The maximum absolute atomic E-state index is 12.2. The van der Waals surface area contributed by atoms with Crippen LogP contribution >= 0.6 is 11.6 Å². The first-order valence-corrected chi connectivity index (χ1v) is 2.90. The van der Waals surface area contributed by atoms with E-state index in [9.17, 15) is 4.39 Å². The molecule has 0 aromatic heterocycles. The van der Waals surface area contributed by atoms with E-state index in [2.05, 4.69) is 0 Å². The van der Waals surface area contributed by atoms with Crippen molar-refractivity contribution in [1.29, 1.82) is 0 Å². The minimum absolute atomic E-state index is 0.337. The summed E-state index contributed by atoms with van der Waals surface area (Å²) in [6, 6.07) is 6.13. The molecule has 0 aliphatic heterocycles. The van der Waals surface area contributed by atoms with Gasteiger partial charge in [0.25, 0.3) is 0 Å². The van der Waals surface area contributed by atoms with Gasteiger partial charge in [0.1, 0.15) is 6.65 Å². The van der Waals surface area contributed by atoms with Crippen LogP contribution in [0, 0.1) is 0 Å². The van der Waals surface area contributed by atoms with Gasteiger partial charge in [-0.15, -0.1) is 0 Å². The molecule has 0 amide bonds. The lowest BCUT2D eigenvalue weighted by atomic mass is 10.2. The predicted molar refractivity (Wildman–Crippen MR) is 36.3 cm³/mol. The third kappa shape index (κ3) is 1.68. The molecule has 1 aromatic rings. The van der Waals surface area contributed by atoms with Crippen LogP contribution in [0.5, 0.6) is 0 Å². The highest BCUT2D eigenvalue weighted by molar-refractivity contribution is 6.30. The second kappa shape index (κ2) is 2.83. The van der Waals surface area contributed by atoms with E-state index in [0.29, 0.717) is 10.6 Å². The van der Waals surface area contributed by atoms with Crippen molar-refractivity contribution in [2.24, 2.45) is 0 Å². The number of hydrogen-bond acceptors (Lipinski definition) is 0. The fourth-order valence-corrected chi connectivity index (χ4v) is 0.662. The summed E-state index contributed by atoms with van der Waals surface area (Å²) in [5.41, 5.74) is 0.337. The first-order chi connectivity index (χ1) is 4.70. The molecule has 0 spiro atoms.